The van der Waals surface area contributed by atoms with Crippen LogP contribution in [0.1, 0.15) is 6.92 Å². The van der Waals surface area contributed by atoms with Crippen LogP contribution in [-0.2, 0) is 0 Å². The zero-order valence-electron chi connectivity index (χ0n) is 10.9. The average Bonchev–Trinajstić information content (AvgIpc) is 2.85. The molecule has 0 radical (unpaired) electrons. The molecule has 0 saturated carbocycles. The van der Waals surface area contributed by atoms with E-state index >= 15 is 0 Å². The van der Waals surface area contributed by atoms with Crippen molar-refractivity contribution in [3.63, 3.8) is 0 Å². The molecule has 0 aliphatic rings. The Morgan fingerprint density at radius 2 is 2.10 bits per heavy atom. The van der Waals surface area contributed by atoms with Gasteiger partial charge in [0.1, 0.15) is 10.8 Å². The van der Waals surface area contributed by atoms with Crippen molar-refractivity contribution in [1.82, 2.24) is 4.98 Å². The number of anilines is 1. The van der Waals surface area contributed by atoms with Crippen LogP contribution >= 0.6 is 33.9 Å². The molecule has 0 unspecified atom stereocenters. The average molecular weight is 396 g/mol. The summed E-state index contributed by atoms with van der Waals surface area (Å²) >= 11 is 3.92. The third-order valence-electron chi connectivity index (χ3n) is 2.92. The highest BCUT2D eigenvalue weighted by molar-refractivity contribution is 14.1. The summed E-state index contributed by atoms with van der Waals surface area (Å²) in [4.78, 5) is 4.67. The number of hydrogen-bond acceptors (Lipinski definition) is 4. The van der Waals surface area contributed by atoms with Crippen LogP contribution in [0, 0.1) is 3.57 Å². The lowest BCUT2D eigenvalue weighted by atomic mass is 10.2. The molecule has 3 rings (SSSR count). The molecule has 3 aromatic rings. The first-order chi connectivity index (χ1) is 9.67. The number of halogens is 1. The highest BCUT2D eigenvalue weighted by atomic mass is 127. The number of rotatable bonds is 3. The van der Waals surface area contributed by atoms with E-state index in [1.165, 1.54) is 0 Å². The van der Waals surface area contributed by atoms with Gasteiger partial charge in [-0.05, 0) is 65.9 Å². The van der Waals surface area contributed by atoms with Gasteiger partial charge in [-0.1, -0.05) is 0 Å². The first-order valence-corrected chi connectivity index (χ1v) is 8.15. The Morgan fingerprint density at radius 3 is 2.90 bits per heavy atom. The molecule has 102 valence electrons. The van der Waals surface area contributed by atoms with Gasteiger partial charge in [0.15, 0.2) is 0 Å². The summed E-state index contributed by atoms with van der Waals surface area (Å²) in [5, 5.41) is 0.949. The topological polar surface area (TPSA) is 48.1 Å². The second-order valence-corrected chi connectivity index (χ2v) is 6.59. The van der Waals surface area contributed by atoms with Crippen molar-refractivity contribution >= 4 is 49.8 Å². The fourth-order valence-corrected chi connectivity index (χ4v) is 3.51. The van der Waals surface area contributed by atoms with Gasteiger partial charge in [0.05, 0.1) is 16.8 Å². The highest BCUT2D eigenvalue weighted by Crippen LogP contribution is 2.35. The Hall–Kier alpha value is -1.34. The van der Waals surface area contributed by atoms with Crippen molar-refractivity contribution in [2.75, 3.05) is 12.3 Å². The molecule has 5 heteroatoms. The van der Waals surface area contributed by atoms with E-state index in [1.807, 2.05) is 37.3 Å². The van der Waals surface area contributed by atoms with Crippen LogP contribution in [0.3, 0.4) is 0 Å². The van der Waals surface area contributed by atoms with Gasteiger partial charge in [0.2, 0.25) is 0 Å². The van der Waals surface area contributed by atoms with Crippen molar-refractivity contribution in [2.24, 2.45) is 0 Å². The van der Waals surface area contributed by atoms with Gasteiger partial charge in [-0.3, -0.25) is 0 Å². The smallest absolute Gasteiger partial charge is 0.126 e. The third-order valence-corrected chi connectivity index (χ3v) is 4.64. The monoisotopic (exact) mass is 396 g/mol. The van der Waals surface area contributed by atoms with Crippen LogP contribution in [0.2, 0.25) is 0 Å². The minimum atomic E-state index is 0.668. The zero-order valence-corrected chi connectivity index (χ0v) is 13.9. The van der Waals surface area contributed by atoms with E-state index in [0.717, 1.165) is 35.8 Å². The predicted molar refractivity (Wildman–Crippen MR) is 93.4 cm³/mol. The largest absolute Gasteiger partial charge is 0.494 e. The molecule has 1 aromatic heterocycles. The number of benzene rings is 2. The van der Waals surface area contributed by atoms with E-state index in [2.05, 4.69) is 33.6 Å². The zero-order chi connectivity index (χ0) is 14.1. The standard InChI is InChI=1S/C15H13IN2OS/c1-2-19-10-4-6-13-14(8-10)20-15(18-13)11-7-9(16)3-5-12(11)17/h3-8H,2,17H2,1H3. The predicted octanol–water partition coefficient (Wildman–Crippen LogP) is 4.55. The second kappa shape index (κ2) is 5.57. The number of thiazole rings is 1. The van der Waals surface area contributed by atoms with Gasteiger partial charge in [0, 0.05) is 14.8 Å². The first-order valence-electron chi connectivity index (χ1n) is 6.26. The summed E-state index contributed by atoms with van der Waals surface area (Å²) in [6, 6.07) is 12.0. The Balaban J connectivity index is 2.10. The van der Waals surface area contributed by atoms with Crippen molar-refractivity contribution in [2.45, 2.75) is 6.92 Å². The molecule has 0 fully saturated rings. The van der Waals surface area contributed by atoms with Gasteiger partial charge in [0.25, 0.3) is 0 Å². The number of hydrogen-bond donors (Lipinski definition) is 1. The van der Waals surface area contributed by atoms with Crippen LogP contribution in [0.25, 0.3) is 20.8 Å². The number of fused-ring (bicyclic) bond motifs is 1. The highest BCUT2D eigenvalue weighted by Gasteiger charge is 2.10. The molecule has 0 aliphatic carbocycles. The van der Waals surface area contributed by atoms with Gasteiger partial charge < -0.3 is 10.5 Å². The lowest BCUT2D eigenvalue weighted by Gasteiger charge is -2.01. The fourth-order valence-electron chi connectivity index (χ4n) is 1.99. The Kier molecular flexibility index (Phi) is 3.80. The maximum atomic E-state index is 6.06. The van der Waals surface area contributed by atoms with Crippen molar-refractivity contribution in [3.05, 3.63) is 40.0 Å². The van der Waals surface area contributed by atoms with E-state index in [9.17, 15) is 0 Å². The lowest BCUT2D eigenvalue weighted by molar-refractivity contribution is 0.341. The molecular formula is C15H13IN2OS. The van der Waals surface area contributed by atoms with Crippen molar-refractivity contribution in [1.29, 1.82) is 0 Å². The van der Waals surface area contributed by atoms with Crippen LogP contribution in [-0.4, -0.2) is 11.6 Å². The quantitative estimate of drug-likeness (QED) is 0.522. The number of nitrogens with two attached hydrogens (primary N) is 1. The molecule has 1 heterocycles. The molecule has 0 bridgehead atoms. The SMILES string of the molecule is CCOc1ccc2nc(-c3cc(I)ccc3N)sc2c1. The normalized spacial score (nSPS) is 10.9. The number of nitrogens with zero attached hydrogens (tertiary/aromatic N) is 1. The van der Waals surface area contributed by atoms with Crippen LogP contribution in [0.4, 0.5) is 5.69 Å². The number of nitrogen functional groups attached to an aromatic ring is 1. The molecule has 20 heavy (non-hydrogen) atoms. The number of ether oxygens (including phenoxy) is 1. The van der Waals surface area contributed by atoms with Gasteiger partial charge in [-0.2, -0.15) is 0 Å². The molecule has 0 spiro atoms. The Morgan fingerprint density at radius 1 is 1.25 bits per heavy atom. The van der Waals surface area contributed by atoms with Crippen molar-refractivity contribution < 1.29 is 4.74 Å². The van der Waals surface area contributed by atoms with E-state index in [-0.39, 0.29) is 0 Å². The third kappa shape index (κ3) is 2.60. The van der Waals surface area contributed by atoms with E-state index in [4.69, 9.17) is 10.5 Å². The summed E-state index contributed by atoms with van der Waals surface area (Å²) in [6.07, 6.45) is 0. The minimum Gasteiger partial charge on any atom is -0.494 e. The summed E-state index contributed by atoms with van der Waals surface area (Å²) in [6.45, 7) is 2.65. The van der Waals surface area contributed by atoms with Gasteiger partial charge in [-0.15, -0.1) is 11.3 Å². The minimum absolute atomic E-state index is 0.668. The molecule has 2 aromatic carbocycles. The molecule has 0 saturated heterocycles. The number of aromatic nitrogens is 1. The van der Waals surface area contributed by atoms with Gasteiger partial charge >= 0.3 is 0 Å². The van der Waals surface area contributed by atoms with Gasteiger partial charge in [-0.25, -0.2) is 4.98 Å². The van der Waals surface area contributed by atoms with E-state index in [0.29, 0.717) is 6.61 Å². The Bertz CT molecular complexity index is 770. The summed E-state index contributed by atoms with van der Waals surface area (Å²) in [7, 11) is 0. The lowest BCUT2D eigenvalue weighted by Crippen LogP contribution is -1.90. The maximum Gasteiger partial charge on any atom is 0.126 e. The molecule has 0 aliphatic heterocycles. The van der Waals surface area contributed by atoms with Crippen LogP contribution in [0.15, 0.2) is 36.4 Å². The summed E-state index contributed by atoms with van der Waals surface area (Å²) in [5.41, 5.74) is 8.79. The van der Waals surface area contributed by atoms with E-state index < -0.39 is 0 Å². The molecule has 0 atom stereocenters. The summed E-state index contributed by atoms with van der Waals surface area (Å²) in [5.74, 6) is 0.880. The second-order valence-electron chi connectivity index (χ2n) is 4.31. The Labute approximate surface area is 134 Å². The first kappa shape index (κ1) is 13.6. The molecular weight excluding hydrogens is 383 g/mol. The van der Waals surface area contributed by atoms with Crippen LogP contribution in [0.5, 0.6) is 5.75 Å². The van der Waals surface area contributed by atoms with Crippen LogP contribution < -0.4 is 10.5 Å². The molecule has 0 amide bonds. The summed E-state index contributed by atoms with van der Waals surface area (Å²) < 4.78 is 7.79. The van der Waals surface area contributed by atoms with Crippen molar-refractivity contribution in [3.8, 4) is 16.3 Å². The van der Waals surface area contributed by atoms with E-state index in [1.54, 1.807) is 11.3 Å². The maximum absolute atomic E-state index is 6.06. The molecule has 2 N–H and O–H groups in total. The fraction of sp³-hybridized carbons (Fsp3) is 0.133. The molecule has 3 nitrogen and oxygen atoms in total.